The maximum atomic E-state index is 11.3. The zero-order valence-electron chi connectivity index (χ0n) is 14.3. The second-order valence-corrected chi connectivity index (χ2v) is 5.74. The number of esters is 1. The van der Waals surface area contributed by atoms with Crippen molar-refractivity contribution in [3.8, 4) is 0 Å². The van der Waals surface area contributed by atoms with Crippen molar-refractivity contribution in [3.63, 3.8) is 0 Å². The zero-order chi connectivity index (χ0) is 16.5. The molecule has 0 radical (unpaired) electrons. The van der Waals surface area contributed by atoms with Gasteiger partial charge in [0, 0.05) is 6.42 Å². The van der Waals surface area contributed by atoms with Gasteiger partial charge < -0.3 is 9.84 Å². The predicted molar refractivity (Wildman–Crippen MR) is 92.8 cm³/mol. The molecular formula is C19H34O3. The summed E-state index contributed by atoms with van der Waals surface area (Å²) in [5, 5.41) is 9.80. The fraction of sp³-hybridized carbons (Fsp3) is 0.737. The largest absolute Gasteiger partial charge is 0.466 e. The molecule has 0 aliphatic rings. The number of allylic oxidation sites excluding steroid dienone is 3. The maximum Gasteiger partial charge on any atom is 0.305 e. The highest BCUT2D eigenvalue weighted by Gasteiger charge is 2.08. The topological polar surface area (TPSA) is 46.5 Å². The fourth-order valence-corrected chi connectivity index (χ4v) is 2.15. The van der Waals surface area contributed by atoms with E-state index in [0.29, 0.717) is 19.4 Å². The minimum atomic E-state index is -0.405. The Morgan fingerprint density at radius 3 is 2.45 bits per heavy atom. The molecule has 1 unspecified atom stereocenters. The number of ether oxygens (including phenoxy) is 1. The van der Waals surface area contributed by atoms with E-state index in [-0.39, 0.29) is 5.97 Å². The lowest BCUT2D eigenvalue weighted by Gasteiger charge is -2.08. The van der Waals surface area contributed by atoms with Crippen molar-refractivity contribution >= 4 is 5.97 Å². The third-order valence-corrected chi connectivity index (χ3v) is 3.51. The lowest BCUT2D eigenvalue weighted by Crippen LogP contribution is -2.11. The van der Waals surface area contributed by atoms with Crippen LogP contribution in [0.3, 0.4) is 0 Å². The van der Waals surface area contributed by atoms with Gasteiger partial charge in [0.2, 0.25) is 0 Å². The van der Waals surface area contributed by atoms with E-state index in [1.807, 2.05) is 13.0 Å². The van der Waals surface area contributed by atoms with Gasteiger partial charge in [0.05, 0.1) is 12.7 Å². The number of carbonyl (C=O) groups is 1. The third kappa shape index (κ3) is 15.3. The Balaban J connectivity index is 3.39. The minimum absolute atomic E-state index is 0.201. The number of hydrogen-bond acceptors (Lipinski definition) is 3. The molecule has 0 aromatic carbocycles. The van der Waals surface area contributed by atoms with Gasteiger partial charge in [-0.15, -0.1) is 6.58 Å². The Kier molecular flexibility index (Phi) is 15.5. The highest BCUT2D eigenvalue weighted by Crippen LogP contribution is 2.09. The summed E-state index contributed by atoms with van der Waals surface area (Å²) in [7, 11) is 0. The summed E-state index contributed by atoms with van der Waals surface area (Å²) in [5.41, 5.74) is 0. The number of unbranched alkanes of at least 4 members (excludes halogenated alkanes) is 5. The number of rotatable bonds is 15. The van der Waals surface area contributed by atoms with Gasteiger partial charge in [-0.3, -0.25) is 4.79 Å². The Bertz CT molecular complexity index is 297. The van der Waals surface area contributed by atoms with E-state index in [4.69, 9.17) is 4.74 Å². The summed E-state index contributed by atoms with van der Waals surface area (Å²) in [6.07, 6.45) is 16.5. The Morgan fingerprint density at radius 1 is 1.09 bits per heavy atom. The Labute approximate surface area is 136 Å². The van der Waals surface area contributed by atoms with Crippen molar-refractivity contribution in [2.75, 3.05) is 6.61 Å². The van der Waals surface area contributed by atoms with Crippen LogP contribution < -0.4 is 0 Å². The summed E-state index contributed by atoms with van der Waals surface area (Å²) in [6, 6.07) is 0. The molecule has 22 heavy (non-hydrogen) atoms. The molecule has 0 saturated carbocycles. The monoisotopic (exact) mass is 310 g/mol. The van der Waals surface area contributed by atoms with Crippen LogP contribution in [0.5, 0.6) is 0 Å². The molecule has 0 heterocycles. The number of hydrogen-bond donors (Lipinski definition) is 1. The standard InChI is InChI=1S/C19H34O3/c1-3-5-6-7-8-9-10-11-12-13-14-18(20)15-16-19(21)22-17-4-2/h3,11-12,18,20H,1,4-10,13-17H2,2H3/b12-11-. The molecule has 0 aliphatic heterocycles. The van der Waals surface area contributed by atoms with Crippen LogP contribution in [-0.4, -0.2) is 23.8 Å². The van der Waals surface area contributed by atoms with Gasteiger partial charge in [-0.1, -0.05) is 38.0 Å². The van der Waals surface area contributed by atoms with E-state index in [0.717, 1.165) is 32.1 Å². The molecule has 0 rings (SSSR count). The van der Waals surface area contributed by atoms with Crippen molar-refractivity contribution in [2.24, 2.45) is 0 Å². The van der Waals surface area contributed by atoms with Crippen molar-refractivity contribution in [1.29, 1.82) is 0 Å². The van der Waals surface area contributed by atoms with Gasteiger partial charge in [-0.05, 0) is 51.4 Å². The van der Waals surface area contributed by atoms with Crippen LogP contribution in [0.25, 0.3) is 0 Å². The van der Waals surface area contributed by atoms with Crippen LogP contribution in [0.1, 0.15) is 77.6 Å². The van der Waals surface area contributed by atoms with E-state index in [9.17, 15) is 9.90 Å². The van der Waals surface area contributed by atoms with Gasteiger partial charge in [-0.2, -0.15) is 0 Å². The second-order valence-electron chi connectivity index (χ2n) is 5.74. The number of aliphatic hydroxyl groups excluding tert-OH is 1. The molecule has 0 aromatic heterocycles. The highest BCUT2D eigenvalue weighted by molar-refractivity contribution is 5.69. The van der Waals surface area contributed by atoms with Crippen LogP contribution in [0.2, 0.25) is 0 Å². The molecule has 3 nitrogen and oxygen atoms in total. The molecule has 0 spiro atoms. The molecule has 0 amide bonds. The third-order valence-electron chi connectivity index (χ3n) is 3.51. The number of aliphatic hydroxyl groups is 1. The van der Waals surface area contributed by atoms with Gasteiger partial charge in [-0.25, -0.2) is 0 Å². The van der Waals surface area contributed by atoms with Gasteiger partial charge in [0.25, 0.3) is 0 Å². The van der Waals surface area contributed by atoms with E-state index in [1.165, 1.54) is 25.7 Å². The molecule has 0 saturated heterocycles. The Hall–Kier alpha value is -1.09. The SMILES string of the molecule is C=CCCCCCC/C=C\CCC(O)CCC(=O)OCCC. The minimum Gasteiger partial charge on any atom is -0.466 e. The van der Waals surface area contributed by atoms with Gasteiger partial charge >= 0.3 is 5.97 Å². The molecule has 3 heteroatoms. The maximum absolute atomic E-state index is 11.3. The molecule has 0 bridgehead atoms. The summed E-state index contributed by atoms with van der Waals surface area (Å²) in [4.78, 5) is 11.3. The van der Waals surface area contributed by atoms with E-state index >= 15 is 0 Å². The van der Waals surface area contributed by atoms with Crippen molar-refractivity contribution in [2.45, 2.75) is 83.7 Å². The average Bonchev–Trinajstić information content (AvgIpc) is 2.52. The van der Waals surface area contributed by atoms with Crippen LogP contribution >= 0.6 is 0 Å². The first-order valence-corrected chi connectivity index (χ1v) is 8.80. The van der Waals surface area contributed by atoms with E-state index in [2.05, 4.69) is 18.7 Å². The molecule has 0 aliphatic carbocycles. The summed E-state index contributed by atoms with van der Waals surface area (Å²) < 4.78 is 4.98. The first-order valence-electron chi connectivity index (χ1n) is 8.80. The van der Waals surface area contributed by atoms with E-state index in [1.54, 1.807) is 0 Å². The quantitative estimate of drug-likeness (QED) is 0.265. The smallest absolute Gasteiger partial charge is 0.305 e. The van der Waals surface area contributed by atoms with Crippen molar-refractivity contribution in [1.82, 2.24) is 0 Å². The molecule has 1 N–H and O–H groups in total. The highest BCUT2D eigenvalue weighted by atomic mass is 16.5. The molecule has 0 aromatic rings. The van der Waals surface area contributed by atoms with Gasteiger partial charge in [0.1, 0.15) is 0 Å². The van der Waals surface area contributed by atoms with Crippen molar-refractivity contribution < 1.29 is 14.6 Å². The normalized spacial score (nSPS) is 12.5. The molecular weight excluding hydrogens is 276 g/mol. The zero-order valence-corrected chi connectivity index (χ0v) is 14.3. The van der Waals surface area contributed by atoms with Crippen LogP contribution in [0, 0.1) is 0 Å². The summed E-state index contributed by atoms with van der Waals surface area (Å²) >= 11 is 0. The average molecular weight is 310 g/mol. The van der Waals surface area contributed by atoms with Crippen LogP contribution in [0.4, 0.5) is 0 Å². The lowest BCUT2D eigenvalue weighted by atomic mass is 10.1. The fourth-order valence-electron chi connectivity index (χ4n) is 2.15. The summed E-state index contributed by atoms with van der Waals surface area (Å²) in [6.45, 7) is 6.17. The summed E-state index contributed by atoms with van der Waals surface area (Å²) in [5.74, 6) is -0.201. The van der Waals surface area contributed by atoms with Crippen LogP contribution in [0.15, 0.2) is 24.8 Å². The second kappa shape index (κ2) is 16.3. The first-order chi connectivity index (χ1) is 10.7. The first kappa shape index (κ1) is 20.9. The lowest BCUT2D eigenvalue weighted by molar-refractivity contribution is -0.144. The molecule has 1 atom stereocenters. The van der Waals surface area contributed by atoms with Crippen LogP contribution in [-0.2, 0) is 9.53 Å². The van der Waals surface area contributed by atoms with Crippen molar-refractivity contribution in [3.05, 3.63) is 24.8 Å². The predicted octanol–water partition coefficient (Wildman–Crippen LogP) is 4.94. The van der Waals surface area contributed by atoms with E-state index < -0.39 is 6.10 Å². The molecule has 0 fully saturated rings. The Morgan fingerprint density at radius 2 is 1.77 bits per heavy atom. The number of carbonyl (C=O) groups excluding carboxylic acids is 1. The van der Waals surface area contributed by atoms with Gasteiger partial charge in [0.15, 0.2) is 0 Å². The molecule has 128 valence electrons.